The van der Waals surface area contributed by atoms with Crippen LogP contribution in [0.1, 0.15) is 38.5 Å². The lowest BCUT2D eigenvalue weighted by Gasteiger charge is -2.46. The van der Waals surface area contributed by atoms with E-state index in [0.717, 1.165) is 64.8 Å². The molecule has 4 aliphatic heterocycles. The molecule has 0 aromatic rings. The molecule has 0 N–H and O–H groups in total. The van der Waals surface area contributed by atoms with Gasteiger partial charge < -0.3 is 19.3 Å². The molecule has 0 saturated carbocycles. The minimum Gasteiger partial charge on any atom is -0.381 e. The monoisotopic (exact) mass is 336 g/mol. The highest BCUT2D eigenvalue weighted by atomic mass is 16.5. The summed E-state index contributed by atoms with van der Waals surface area (Å²) >= 11 is 0. The smallest absolute Gasteiger partial charge is 0.226 e. The van der Waals surface area contributed by atoms with Gasteiger partial charge in [0.05, 0.1) is 6.10 Å². The van der Waals surface area contributed by atoms with Gasteiger partial charge in [-0.3, -0.25) is 4.79 Å². The predicted molar refractivity (Wildman–Crippen MR) is 91.8 cm³/mol. The van der Waals surface area contributed by atoms with Crippen molar-refractivity contribution in [3.05, 3.63) is 0 Å². The number of hydrogen-bond donors (Lipinski definition) is 0. The van der Waals surface area contributed by atoms with E-state index in [-0.39, 0.29) is 5.92 Å². The molecule has 4 aliphatic rings. The molecule has 3 atom stereocenters. The van der Waals surface area contributed by atoms with E-state index >= 15 is 0 Å². The van der Waals surface area contributed by atoms with Crippen LogP contribution in [0.25, 0.3) is 0 Å². The lowest BCUT2D eigenvalue weighted by molar-refractivity contribution is -0.151. The Morgan fingerprint density at radius 3 is 2.54 bits per heavy atom. The molecule has 0 bridgehead atoms. The molecule has 4 rings (SSSR count). The molecule has 4 saturated heterocycles. The number of nitrogens with zero attached hydrogens (tertiary/aromatic N) is 2. The van der Waals surface area contributed by atoms with E-state index in [0.29, 0.717) is 17.9 Å². The Kier molecular flexibility index (Phi) is 5.40. The van der Waals surface area contributed by atoms with Gasteiger partial charge in [0.15, 0.2) is 0 Å². The SMILES string of the molecule is O=C([C@@H]1CCO[C@@H]2CCN(CC3CCOCC3)C[C@H]21)N1CCCC1. The second-order valence-corrected chi connectivity index (χ2v) is 8.10. The van der Waals surface area contributed by atoms with Crippen molar-refractivity contribution in [2.24, 2.45) is 17.8 Å². The highest BCUT2D eigenvalue weighted by Crippen LogP contribution is 2.35. The number of rotatable bonds is 3. The number of likely N-dealkylation sites (tertiary alicyclic amines) is 2. The Morgan fingerprint density at radius 1 is 0.958 bits per heavy atom. The summed E-state index contributed by atoms with van der Waals surface area (Å²) in [6.45, 7) is 7.91. The third kappa shape index (κ3) is 3.63. The average molecular weight is 336 g/mol. The summed E-state index contributed by atoms with van der Waals surface area (Å²) in [4.78, 5) is 17.7. The van der Waals surface area contributed by atoms with Gasteiger partial charge in [-0.05, 0) is 44.4 Å². The molecular formula is C19H32N2O3. The van der Waals surface area contributed by atoms with Crippen LogP contribution in [0.15, 0.2) is 0 Å². The third-order valence-corrected chi connectivity index (χ3v) is 6.55. The van der Waals surface area contributed by atoms with Crippen LogP contribution in [0, 0.1) is 17.8 Å². The summed E-state index contributed by atoms with van der Waals surface area (Å²) in [5.41, 5.74) is 0. The van der Waals surface area contributed by atoms with Crippen LogP contribution in [0.4, 0.5) is 0 Å². The quantitative estimate of drug-likeness (QED) is 0.788. The van der Waals surface area contributed by atoms with Crippen LogP contribution < -0.4 is 0 Å². The van der Waals surface area contributed by atoms with Crippen molar-refractivity contribution in [3.8, 4) is 0 Å². The molecule has 0 spiro atoms. The van der Waals surface area contributed by atoms with Crippen molar-refractivity contribution in [1.29, 1.82) is 0 Å². The fourth-order valence-electron chi connectivity index (χ4n) is 5.12. The summed E-state index contributed by atoms with van der Waals surface area (Å²) in [6, 6.07) is 0. The maximum absolute atomic E-state index is 13.0. The molecule has 136 valence electrons. The van der Waals surface area contributed by atoms with Crippen LogP contribution >= 0.6 is 0 Å². The van der Waals surface area contributed by atoms with E-state index in [1.807, 2.05) is 0 Å². The van der Waals surface area contributed by atoms with E-state index in [9.17, 15) is 4.79 Å². The van der Waals surface area contributed by atoms with Crippen molar-refractivity contribution in [2.45, 2.75) is 44.6 Å². The van der Waals surface area contributed by atoms with Crippen molar-refractivity contribution < 1.29 is 14.3 Å². The molecular weight excluding hydrogens is 304 g/mol. The first-order valence-electron chi connectivity index (χ1n) is 10.0. The molecule has 5 nitrogen and oxygen atoms in total. The topological polar surface area (TPSA) is 42.0 Å². The Hall–Kier alpha value is -0.650. The predicted octanol–water partition coefficient (Wildman–Crippen LogP) is 1.76. The van der Waals surface area contributed by atoms with Gasteiger partial charge in [0.2, 0.25) is 5.91 Å². The number of amides is 1. The minimum atomic E-state index is 0.194. The normalized spacial score (nSPS) is 35.8. The first-order valence-corrected chi connectivity index (χ1v) is 10.0. The molecule has 0 radical (unpaired) electrons. The first-order chi connectivity index (χ1) is 11.8. The number of carbonyl (C=O) groups is 1. The minimum absolute atomic E-state index is 0.194. The largest absolute Gasteiger partial charge is 0.381 e. The van der Waals surface area contributed by atoms with Crippen LogP contribution in [0.5, 0.6) is 0 Å². The van der Waals surface area contributed by atoms with E-state index in [2.05, 4.69) is 9.80 Å². The zero-order chi connectivity index (χ0) is 16.4. The van der Waals surface area contributed by atoms with E-state index in [4.69, 9.17) is 9.47 Å². The van der Waals surface area contributed by atoms with Crippen LogP contribution in [0.2, 0.25) is 0 Å². The number of fused-ring (bicyclic) bond motifs is 1. The van der Waals surface area contributed by atoms with Crippen LogP contribution in [0.3, 0.4) is 0 Å². The summed E-state index contributed by atoms with van der Waals surface area (Å²) in [6.07, 6.45) is 7.06. The maximum atomic E-state index is 13.0. The average Bonchev–Trinajstić information content (AvgIpc) is 3.16. The number of ether oxygens (including phenoxy) is 2. The first kappa shape index (κ1) is 16.8. The van der Waals surface area contributed by atoms with Gasteiger partial charge >= 0.3 is 0 Å². The van der Waals surface area contributed by atoms with Gasteiger partial charge in [0, 0.05) is 64.4 Å². The molecule has 4 fully saturated rings. The lowest BCUT2D eigenvalue weighted by atomic mass is 9.78. The maximum Gasteiger partial charge on any atom is 0.226 e. The zero-order valence-corrected chi connectivity index (χ0v) is 14.8. The van der Waals surface area contributed by atoms with Crippen LogP contribution in [-0.2, 0) is 14.3 Å². The molecule has 0 aromatic heterocycles. The second kappa shape index (κ2) is 7.71. The summed E-state index contributed by atoms with van der Waals surface area (Å²) in [5.74, 6) is 1.78. The Morgan fingerprint density at radius 2 is 1.75 bits per heavy atom. The van der Waals surface area contributed by atoms with Crippen molar-refractivity contribution in [3.63, 3.8) is 0 Å². The summed E-state index contributed by atoms with van der Waals surface area (Å²) in [5, 5.41) is 0. The standard InChI is InChI=1S/C19H32N2O3/c22-19(21-7-1-2-8-21)16-6-12-24-18-3-9-20(14-17(16)18)13-15-4-10-23-11-5-15/h15-18H,1-14H2/t16-,17+,18-/m1/s1. The number of carbonyl (C=O) groups excluding carboxylic acids is 1. The Bertz CT molecular complexity index is 432. The lowest BCUT2D eigenvalue weighted by Crippen LogP contribution is -2.54. The van der Waals surface area contributed by atoms with Gasteiger partial charge in [-0.2, -0.15) is 0 Å². The van der Waals surface area contributed by atoms with Gasteiger partial charge in [0.25, 0.3) is 0 Å². The van der Waals surface area contributed by atoms with Gasteiger partial charge in [-0.25, -0.2) is 0 Å². The Balaban J connectivity index is 1.38. The van der Waals surface area contributed by atoms with Gasteiger partial charge in [0.1, 0.15) is 0 Å². The fourth-order valence-corrected chi connectivity index (χ4v) is 5.12. The molecule has 24 heavy (non-hydrogen) atoms. The molecule has 5 heteroatoms. The third-order valence-electron chi connectivity index (χ3n) is 6.55. The van der Waals surface area contributed by atoms with Crippen molar-refractivity contribution in [2.75, 3.05) is 52.5 Å². The van der Waals surface area contributed by atoms with Gasteiger partial charge in [-0.1, -0.05) is 0 Å². The summed E-state index contributed by atoms with van der Waals surface area (Å²) < 4.78 is 11.5. The molecule has 1 amide bonds. The second-order valence-electron chi connectivity index (χ2n) is 8.10. The molecule has 0 aromatic carbocycles. The van der Waals surface area contributed by atoms with E-state index in [1.165, 1.54) is 32.2 Å². The van der Waals surface area contributed by atoms with Crippen LogP contribution in [-0.4, -0.2) is 74.4 Å². The highest BCUT2D eigenvalue weighted by Gasteiger charge is 2.43. The van der Waals surface area contributed by atoms with E-state index in [1.54, 1.807) is 0 Å². The summed E-state index contributed by atoms with van der Waals surface area (Å²) in [7, 11) is 0. The van der Waals surface area contributed by atoms with Crippen molar-refractivity contribution in [1.82, 2.24) is 9.80 Å². The van der Waals surface area contributed by atoms with Gasteiger partial charge in [-0.15, -0.1) is 0 Å². The zero-order valence-electron chi connectivity index (χ0n) is 14.8. The fraction of sp³-hybridized carbons (Fsp3) is 0.947. The molecule has 0 aliphatic carbocycles. The van der Waals surface area contributed by atoms with E-state index < -0.39 is 0 Å². The molecule has 0 unspecified atom stereocenters. The number of piperidine rings is 1. The highest BCUT2D eigenvalue weighted by molar-refractivity contribution is 5.79. The van der Waals surface area contributed by atoms with Crippen molar-refractivity contribution >= 4 is 5.91 Å². The number of hydrogen-bond acceptors (Lipinski definition) is 4. The molecule has 4 heterocycles. The Labute approximate surface area is 145 Å².